The zero-order valence-corrected chi connectivity index (χ0v) is 13.3. The molecular formula is C18H16N2O4. The first kappa shape index (κ1) is 15.7. The Bertz CT molecular complexity index is 1010. The number of hydrogen-bond acceptors (Lipinski definition) is 4. The van der Waals surface area contributed by atoms with Crippen molar-refractivity contribution in [2.45, 2.75) is 13.5 Å². The smallest absolute Gasteiger partial charge is 0.264 e. The Morgan fingerprint density at radius 3 is 2.54 bits per heavy atom. The van der Waals surface area contributed by atoms with Crippen LogP contribution in [-0.4, -0.2) is 26.3 Å². The van der Waals surface area contributed by atoms with Crippen molar-refractivity contribution in [3.63, 3.8) is 0 Å². The molecule has 0 amide bonds. The van der Waals surface area contributed by atoms with Gasteiger partial charge in [-0.25, -0.2) is 0 Å². The van der Waals surface area contributed by atoms with Gasteiger partial charge in [-0.2, -0.15) is 0 Å². The predicted molar refractivity (Wildman–Crippen MR) is 89.7 cm³/mol. The van der Waals surface area contributed by atoms with Crippen molar-refractivity contribution < 1.29 is 14.7 Å². The van der Waals surface area contributed by atoms with Crippen molar-refractivity contribution in [1.29, 1.82) is 0 Å². The molecule has 3 aromatic rings. The molecule has 0 fully saturated rings. The Labute approximate surface area is 137 Å². The van der Waals surface area contributed by atoms with Crippen LogP contribution in [0.3, 0.4) is 0 Å². The van der Waals surface area contributed by atoms with Crippen LogP contribution in [0.2, 0.25) is 0 Å². The highest BCUT2D eigenvalue weighted by Gasteiger charge is 2.20. The van der Waals surface area contributed by atoms with E-state index in [0.717, 1.165) is 0 Å². The number of aryl methyl sites for hydroxylation is 2. The van der Waals surface area contributed by atoms with Gasteiger partial charge in [-0.15, -0.1) is 0 Å². The fraction of sp³-hybridized carbons (Fsp3) is 0.167. The van der Waals surface area contributed by atoms with Crippen LogP contribution >= 0.6 is 0 Å². The van der Waals surface area contributed by atoms with E-state index in [1.165, 1.54) is 9.13 Å². The summed E-state index contributed by atoms with van der Waals surface area (Å²) in [7, 11) is 1.60. The van der Waals surface area contributed by atoms with Crippen LogP contribution in [0.1, 0.15) is 26.5 Å². The molecule has 0 saturated carbocycles. The molecule has 0 bridgehead atoms. The van der Waals surface area contributed by atoms with Crippen molar-refractivity contribution in [1.82, 2.24) is 9.13 Å². The van der Waals surface area contributed by atoms with Crippen LogP contribution in [0.5, 0.6) is 5.75 Å². The van der Waals surface area contributed by atoms with E-state index in [1.807, 2.05) is 6.07 Å². The second-order valence-electron chi connectivity index (χ2n) is 5.64. The highest BCUT2D eigenvalue weighted by atomic mass is 16.3. The summed E-state index contributed by atoms with van der Waals surface area (Å²) >= 11 is 0. The number of aromatic nitrogens is 2. The van der Waals surface area contributed by atoms with Crippen LogP contribution in [0.4, 0.5) is 0 Å². The molecule has 2 heterocycles. The number of carbonyl (C=O) groups excluding carboxylic acids is 2. The molecule has 0 aliphatic heterocycles. The number of fused-ring (bicyclic) bond motifs is 1. The third kappa shape index (κ3) is 2.32. The number of rotatable bonds is 4. The average molecular weight is 324 g/mol. The number of carbonyl (C=O) groups is 2. The van der Waals surface area contributed by atoms with Crippen molar-refractivity contribution in [2.24, 2.45) is 7.05 Å². The molecule has 122 valence electrons. The Morgan fingerprint density at radius 2 is 1.92 bits per heavy atom. The first-order valence-corrected chi connectivity index (χ1v) is 7.41. The van der Waals surface area contributed by atoms with E-state index in [9.17, 15) is 19.5 Å². The standard InChI is InChI=1S/C18H16N2O4/c1-11-8-13-16(17(23)14(10-21)19(13)2)18(24)20(11)9-15(22)12-6-4-3-5-7-12/h3-8,10,23H,9H2,1-2H3. The minimum Gasteiger partial charge on any atom is -0.505 e. The molecule has 0 unspecified atom stereocenters. The maximum Gasteiger partial charge on any atom is 0.264 e. The summed E-state index contributed by atoms with van der Waals surface area (Å²) in [5, 5.41) is 10.2. The molecule has 6 nitrogen and oxygen atoms in total. The quantitative estimate of drug-likeness (QED) is 0.588. The number of benzene rings is 1. The average Bonchev–Trinajstić information content (AvgIpc) is 2.82. The molecule has 0 aliphatic carbocycles. The molecule has 2 aromatic heterocycles. The number of Topliss-reactive ketones (excluding diaryl/α,β-unsaturated/α-hetero) is 1. The van der Waals surface area contributed by atoms with Gasteiger partial charge >= 0.3 is 0 Å². The van der Waals surface area contributed by atoms with E-state index in [0.29, 0.717) is 23.1 Å². The summed E-state index contributed by atoms with van der Waals surface area (Å²) in [5.74, 6) is -0.556. The molecule has 1 aromatic carbocycles. The molecule has 0 radical (unpaired) electrons. The maximum absolute atomic E-state index is 12.7. The number of ketones is 1. The largest absolute Gasteiger partial charge is 0.505 e. The fourth-order valence-corrected chi connectivity index (χ4v) is 2.85. The lowest BCUT2D eigenvalue weighted by molar-refractivity contribution is 0.0969. The van der Waals surface area contributed by atoms with Crippen LogP contribution in [-0.2, 0) is 13.6 Å². The van der Waals surface area contributed by atoms with E-state index in [-0.39, 0.29) is 29.2 Å². The first-order chi connectivity index (χ1) is 11.5. The molecular weight excluding hydrogens is 308 g/mol. The predicted octanol–water partition coefficient (Wildman–Crippen LogP) is 2.05. The minimum absolute atomic E-state index is 0.0358. The molecule has 24 heavy (non-hydrogen) atoms. The number of nitrogens with zero attached hydrogens (tertiary/aromatic N) is 2. The maximum atomic E-state index is 12.7. The fourth-order valence-electron chi connectivity index (χ4n) is 2.85. The number of aromatic hydroxyl groups is 1. The molecule has 0 aliphatic rings. The van der Waals surface area contributed by atoms with Gasteiger partial charge in [0.2, 0.25) is 0 Å². The zero-order valence-electron chi connectivity index (χ0n) is 13.3. The topological polar surface area (TPSA) is 81.3 Å². The van der Waals surface area contributed by atoms with Crippen LogP contribution in [0.25, 0.3) is 10.9 Å². The summed E-state index contributed by atoms with van der Waals surface area (Å²) in [6.07, 6.45) is 0.504. The lowest BCUT2D eigenvalue weighted by Crippen LogP contribution is -2.26. The van der Waals surface area contributed by atoms with Gasteiger partial charge < -0.3 is 14.2 Å². The number of aldehydes is 1. The second-order valence-corrected chi connectivity index (χ2v) is 5.64. The third-order valence-corrected chi connectivity index (χ3v) is 4.20. The lowest BCUT2D eigenvalue weighted by Gasteiger charge is -2.10. The zero-order chi connectivity index (χ0) is 17.4. The molecule has 0 saturated heterocycles. The molecule has 0 spiro atoms. The molecule has 6 heteroatoms. The first-order valence-electron chi connectivity index (χ1n) is 7.41. The van der Waals surface area contributed by atoms with Gasteiger partial charge in [0.1, 0.15) is 11.1 Å². The normalized spacial score (nSPS) is 10.9. The van der Waals surface area contributed by atoms with Crippen LogP contribution < -0.4 is 5.56 Å². The van der Waals surface area contributed by atoms with Gasteiger partial charge in [0.25, 0.3) is 5.56 Å². The van der Waals surface area contributed by atoms with E-state index in [2.05, 4.69) is 0 Å². The van der Waals surface area contributed by atoms with Gasteiger partial charge in [-0.3, -0.25) is 14.4 Å². The van der Waals surface area contributed by atoms with E-state index < -0.39 is 5.56 Å². The van der Waals surface area contributed by atoms with Gasteiger partial charge in [0, 0.05) is 18.3 Å². The van der Waals surface area contributed by atoms with Crippen LogP contribution in [0.15, 0.2) is 41.2 Å². The van der Waals surface area contributed by atoms with E-state index in [4.69, 9.17) is 0 Å². The van der Waals surface area contributed by atoms with Gasteiger partial charge in [0.05, 0.1) is 12.1 Å². The van der Waals surface area contributed by atoms with Crippen LogP contribution in [0, 0.1) is 6.92 Å². The van der Waals surface area contributed by atoms with E-state index >= 15 is 0 Å². The number of pyridine rings is 1. The van der Waals surface area contributed by atoms with Gasteiger partial charge in [-0.1, -0.05) is 30.3 Å². The Morgan fingerprint density at radius 1 is 1.25 bits per heavy atom. The monoisotopic (exact) mass is 324 g/mol. The van der Waals surface area contributed by atoms with Gasteiger partial charge in [0.15, 0.2) is 17.8 Å². The van der Waals surface area contributed by atoms with Crippen molar-refractivity contribution in [3.05, 3.63) is 63.7 Å². The highest BCUT2D eigenvalue weighted by molar-refractivity contribution is 5.97. The highest BCUT2D eigenvalue weighted by Crippen LogP contribution is 2.28. The Hall–Kier alpha value is -3.15. The summed E-state index contributed by atoms with van der Waals surface area (Å²) in [6, 6.07) is 10.4. The minimum atomic E-state index is -0.490. The van der Waals surface area contributed by atoms with Crippen molar-refractivity contribution in [3.8, 4) is 5.75 Å². The Kier molecular flexibility index (Phi) is 3.81. The summed E-state index contributed by atoms with van der Waals surface area (Å²) in [5.41, 5.74) is 1.09. The third-order valence-electron chi connectivity index (χ3n) is 4.20. The van der Waals surface area contributed by atoms with E-state index in [1.54, 1.807) is 44.3 Å². The summed E-state index contributed by atoms with van der Waals surface area (Å²) < 4.78 is 2.78. The SMILES string of the molecule is Cc1cc2c(c(O)c(C=O)n2C)c(=O)n1CC(=O)c1ccccc1. The number of hydrogen-bond donors (Lipinski definition) is 1. The second kappa shape index (κ2) is 5.81. The lowest BCUT2D eigenvalue weighted by atomic mass is 10.1. The Balaban J connectivity index is 2.16. The molecule has 1 N–H and O–H groups in total. The summed E-state index contributed by atoms with van der Waals surface area (Å²) in [4.78, 5) is 36.2. The van der Waals surface area contributed by atoms with Gasteiger partial charge in [-0.05, 0) is 13.0 Å². The van der Waals surface area contributed by atoms with Crippen molar-refractivity contribution >= 4 is 23.0 Å². The van der Waals surface area contributed by atoms with Crippen molar-refractivity contribution in [2.75, 3.05) is 0 Å². The summed E-state index contributed by atoms with van der Waals surface area (Å²) in [6.45, 7) is 1.58. The molecule has 3 rings (SSSR count). The molecule has 0 atom stereocenters.